The third-order valence-corrected chi connectivity index (χ3v) is 3.11. The lowest BCUT2D eigenvalue weighted by atomic mass is 10.2. The minimum Gasteiger partial charge on any atom is -0.360 e. The molecule has 0 saturated carbocycles. The molecule has 0 radical (unpaired) electrons. The highest BCUT2D eigenvalue weighted by Crippen LogP contribution is 2.22. The predicted octanol–water partition coefficient (Wildman–Crippen LogP) is 2.87. The number of para-hydroxylation sites is 1. The van der Waals surface area contributed by atoms with Crippen LogP contribution in [0, 0.1) is 12.7 Å². The van der Waals surface area contributed by atoms with Crippen molar-refractivity contribution < 1.29 is 13.7 Å². The first-order valence-corrected chi connectivity index (χ1v) is 6.05. The molecule has 20 heavy (non-hydrogen) atoms. The Morgan fingerprint density at radius 2 is 2.20 bits per heavy atom. The highest BCUT2D eigenvalue weighted by molar-refractivity contribution is 6.06. The highest BCUT2D eigenvalue weighted by Gasteiger charge is 2.16. The second kappa shape index (κ2) is 4.48. The van der Waals surface area contributed by atoms with E-state index in [9.17, 15) is 9.18 Å². The molecular formula is C14H12FN3O2. The number of benzene rings is 1. The van der Waals surface area contributed by atoms with Gasteiger partial charge in [-0.3, -0.25) is 4.79 Å². The van der Waals surface area contributed by atoms with Crippen molar-refractivity contribution in [1.29, 1.82) is 0 Å². The molecule has 0 saturated heterocycles. The normalized spacial score (nSPS) is 10.9. The van der Waals surface area contributed by atoms with E-state index in [1.54, 1.807) is 38.2 Å². The number of halogens is 1. The topological polar surface area (TPSA) is 60.1 Å². The summed E-state index contributed by atoms with van der Waals surface area (Å²) in [6, 6.07) is 7.99. The van der Waals surface area contributed by atoms with Gasteiger partial charge in [-0.1, -0.05) is 17.3 Å². The number of carbonyl (C=O) groups excluding carboxylic acids is 1. The summed E-state index contributed by atoms with van der Waals surface area (Å²) in [5, 5.41) is 6.98. The molecular weight excluding hydrogens is 261 g/mol. The highest BCUT2D eigenvalue weighted by atomic mass is 19.1. The Hall–Kier alpha value is -2.63. The van der Waals surface area contributed by atoms with Crippen LogP contribution in [0.15, 0.2) is 34.9 Å². The molecule has 2 heterocycles. The maximum Gasteiger partial charge on any atom is 0.273 e. The summed E-state index contributed by atoms with van der Waals surface area (Å²) in [5.41, 5.74) is 0.750. The van der Waals surface area contributed by atoms with Crippen LogP contribution in [0.1, 0.15) is 16.2 Å². The van der Waals surface area contributed by atoms with Crippen LogP contribution >= 0.6 is 0 Å². The van der Waals surface area contributed by atoms with Crippen molar-refractivity contribution in [2.24, 2.45) is 7.05 Å². The summed E-state index contributed by atoms with van der Waals surface area (Å²) >= 11 is 0. The van der Waals surface area contributed by atoms with Gasteiger partial charge >= 0.3 is 0 Å². The number of nitrogens with zero attached hydrogens (tertiary/aromatic N) is 2. The lowest BCUT2D eigenvalue weighted by molar-refractivity contribution is 0.101. The van der Waals surface area contributed by atoms with E-state index in [-0.39, 0.29) is 11.7 Å². The average Bonchev–Trinajstić information content (AvgIpc) is 2.95. The molecule has 0 fully saturated rings. The number of hydrogen-bond acceptors (Lipinski definition) is 3. The molecule has 0 aliphatic heterocycles. The Morgan fingerprint density at radius 3 is 2.85 bits per heavy atom. The monoisotopic (exact) mass is 273 g/mol. The average molecular weight is 273 g/mol. The zero-order valence-electron chi connectivity index (χ0n) is 11.0. The molecule has 0 aliphatic rings. The Morgan fingerprint density at radius 1 is 1.40 bits per heavy atom. The summed E-state index contributed by atoms with van der Waals surface area (Å²) < 4.78 is 20.2. The van der Waals surface area contributed by atoms with Crippen molar-refractivity contribution in [1.82, 2.24) is 9.72 Å². The molecule has 0 spiro atoms. The van der Waals surface area contributed by atoms with Crippen molar-refractivity contribution in [3.63, 3.8) is 0 Å². The smallest absolute Gasteiger partial charge is 0.273 e. The van der Waals surface area contributed by atoms with Gasteiger partial charge in [-0.15, -0.1) is 0 Å². The number of fused-ring (bicyclic) bond motifs is 1. The van der Waals surface area contributed by atoms with E-state index in [4.69, 9.17) is 4.52 Å². The number of aryl methyl sites for hydroxylation is 2. The molecule has 6 heteroatoms. The van der Waals surface area contributed by atoms with Crippen molar-refractivity contribution in [2.45, 2.75) is 6.92 Å². The molecule has 3 rings (SSSR count). The number of nitrogens with one attached hydrogen (secondary N) is 1. The van der Waals surface area contributed by atoms with Gasteiger partial charge in [0.1, 0.15) is 17.3 Å². The van der Waals surface area contributed by atoms with Gasteiger partial charge < -0.3 is 14.4 Å². The molecule has 2 aromatic heterocycles. The third kappa shape index (κ3) is 1.95. The standard InChI is InChI=1S/C14H12FN3O2/c1-8-6-12(17-20-8)16-14(19)11-7-9-4-3-5-10(15)13(9)18(11)2/h3-7H,1-2H3,(H,16,17,19). The van der Waals surface area contributed by atoms with Gasteiger partial charge in [-0.25, -0.2) is 4.39 Å². The minimum absolute atomic E-state index is 0.332. The maximum absolute atomic E-state index is 13.8. The Bertz CT molecular complexity index is 804. The number of amides is 1. The van der Waals surface area contributed by atoms with Crippen LogP contribution in [-0.4, -0.2) is 15.6 Å². The fraction of sp³-hybridized carbons (Fsp3) is 0.143. The fourth-order valence-corrected chi connectivity index (χ4v) is 2.19. The Kier molecular flexibility index (Phi) is 2.78. The lowest BCUT2D eigenvalue weighted by Gasteiger charge is -2.04. The van der Waals surface area contributed by atoms with Gasteiger partial charge in [0.05, 0.1) is 5.52 Å². The number of anilines is 1. The molecule has 0 unspecified atom stereocenters. The second-order valence-corrected chi connectivity index (χ2v) is 4.54. The van der Waals surface area contributed by atoms with Crippen LogP contribution in [0.25, 0.3) is 10.9 Å². The molecule has 1 amide bonds. The first kappa shape index (κ1) is 12.4. The fourth-order valence-electron chi connectivity index (χ4n) is 2.19. The van der Waals surface area contributed by atoms with Gasteiger partial charge in [0, 0.05) is 18.5 Å². The Balaban J connectivity index is 1.99. The zero-order valence-corrected chi connectivity index (χ0v) is 11.0. The molecule has 0 bridgehead atoms. The molecule has 102 valence electrons. The SMILES string of the molecule is Cc1cc(NC(=O)c2cc3cccc(F)c3n2C)no1. The van der Waals surface area contributed by atoms with Gasteiger partial charge in [-0.2, -0.15) is 0 Å². The van der Waals surface area contributed by atoms with Crippen LogP contribution < -0.4 is 5.32 Å². The van der Waals surface area contributed by atoms with E-state index in [0.717, 1.165) is 0 Å². The lowest BCUT2D eigenvalue weighted by Crippen LogP contribution is -2.15. The molecule has 1 aromatic carbocycles. The number of hydrogen-bond donors (Lipinski definition) is 1. The Labute approximate surface area is 114 Å². The van der Waals surface area contributed by atoms with Crippen LogP contribution in [0.2, 0.25) is 0 Å². The van der Waals surface area contributed by atoms with E-state index in [0.29, 0.717) is 28.2 Å². The molecule has 5 nitrogen and oxygen atoms in total. The summed E-state index contributed by atoms with van der Waals surface area (Å²) in [4.78, 5) is 12.2. The van der Waals surface area contributed by atoms with Crippen LogP contribution in [-0.2, 0) is 7.05 Å². The maximum atomic E-state index is 13.8. The summed E-state index contributed by atoms with van der Waals surface area (Å²) in [7, 11) is 1.65. The first-order chi connectivity index (χ1) is 9.56. The first-order valence-electron chi connectivity index (χ1n) is 6.05. The zero-order chi connectivity index (χ0) is 14.3. The number of rotatable bonds is 2. The van der Waals surface area contributed by atoms with E-state index < -0.39 is 0 Å². The summed E-state index contributed by atoms with van der Waals surface area (Å²) in [5.74, 6) is 0.208. The van der Waals surface area contributed by atoms with Crippen LogP contribution in [0.4, 0.5) is 10.2 Å². The van der Waals surface area contributed by atoms with Gasteiger partial charge in [0.15, 0.2) is 5.82 Å². The summed E-state index contributed by atoms with van der Waals surface area (Å²) in [6.45, 7) is 1.73. The van der Waals surface area contributed by atoms with Crippen LogP contribution in [0.3, 0.4) is 0 Å². The number of aromatic nitrogens is 2. The van der Waals surface area contributed by atoms with Crippen molar-refractivity contribution in [2.75, 3.05) is 5.32 Å². The van der Waals surface area contributed by atoms with Gasteiger partial charge in [0.2, 0.25) is 0 Å². The molecule has 3 aromatic rings. The third-order valence-electron chi connectivity index (χ3n) is 3.11. The van der Waals surface area contributed by atoms with E-state index in [2.05, 4.69) is 10.5 Å². The predicted molar refractivity (Wildman–Crippen MR) is 72.1 cm³/mol. The molecule has 1 N–H and O–H groups in total. The van der Waals surface area contributed by atoms with Gasteiger partial charge in [-0.05, 0) is 19.1 Å². The van der Waals surface area contributed by atoms with Crippen LogP contribution in [0.5, 0.6) is 0 Å². The number of carbonyl (C=O) groups is 1. The largest absolute Gasteiger partial charge is 0.360 e. The molecule has 0 aliphatic carbocycles. The van der Waals surface area contributed by atoms with Crippen molar-refractivity contribution in [3.8, 4) is 0 Å². The quantitative estimate of drug-likeness (QED) is 0.781. The minimum atomic E-state index is -0.364. The molecule has 0 atom stereocenters. The van der Waals surface area contributed by atoms with E-state index >= 15 is 0 Å². The van der Waals surface area contributed by atoms with Crippen molar-refractivity contribution in [3.05, 3.63) is 47.6 Å². The van der Waals surface area contributed by atoms with Gasteiger partial charge in [0.25, 0.3) is 5.91 Å². The second-order valence-electron chi connectivity index (χ2n) is 4.54. The summed E-state index contributed by atoms with van der Waals surface area (Å²) in [6.07, 6.45) is 0. The van der Waals surface area contributed by atoms with E-state index in [1.807, 2.05) is 0 Å². The van der Waals surface area contributed by atoms with Crippen molar-refractivity contribution >= 4 is 22.6 Å². The van der Waals surface area contributed by atoms with E-state index in [1.165, 1.54) is 10.6 Å².